The van der Waals surface area contributed by atoms with Gasteiger partial charge in [-0.2, -0.15) is 5.10 Å². The molecule has 0 radical (unpaired) electrons. The third-order valence-electron chi connectivity index (χ3n) is 4.25. The van der Waals surface area contributed by atoms with Crippen LogP contribution in [-0.2, 0) is 4.79 Å². The quantitative estimate of drug-likeness (QED) is 0.424. The fraction of sp³-hybridized carbons (Fsp3) is 0.150. The summed E-state index contributed by atoms with van der Waals surface area (Å²) in [6.45, 7) is 5.39. The maximum atomic E-state index is 12.3. The summed E-state index contributed by atoms with van der Waals surface area (Å²) in [7, 11) is 0. The van der Waals surface area contributed by atoms with Crippen LogP contribution in [0.25, 0.3) is 10.9 Å². The topological polar surface area (TPSA) is 81.6 Å². The van der Waals surface area contributed by atoms with Gasteiger partial charge in [0, 0.05) is 60.0 Å². The highest BCUT2D eigenvalue weighted by atomic mass is 16.1. The number of hydrogen-bond acceptors (Lipinski definition) is 4. The molecule has 2 unspecified atom stereocenters. The molecule has 0 aliphatic carbocycles. The third-order valence-corrected chi connectivity index (χ3v) is 4.25. The Kier molecular flexibility index (Phi) is 5.43. The van der Waals surface area contributed by atoms with Crippen molar-refractivity contribution in [2.75, 3.05) is 5.32 Å². The lowest BCUT2D eigenvalue weighted by atomic mass is 9.86. The van der Waals surface area contributed by atoms with Gasteiger partial charge >= 0.3 is 0 Å². The number of aromatic nitrogens is 1. The number of H-pyrrole nitrogens is 1. The molecule has 1 aliphatic rings. The number of amides is 1. The monoisotopic (exact) mass is 347 g/mol. The van der Waals surface area contributed by atoms with E-state index in [-0.39, 0.29) is 17.7 Å². The largest absolute Gasteiger partial charge is 0.361 e. The lowest BCUT2D eigenvalue weighted by Crippen LogP contribution is -2.18. The second-order valence-corrected chi connectivity index (χ2v) is 6.05. The molecule has 1 aromatic heterocycles. The van der Waals surface area contributed by atoms with Crippen molar-refractivity contribution in [3.05, 3.63) is 66.7 Å². The van der Waals surface area contributed by atoms with Gasteiger partial charge in [-0.25, -0.2) is 0 Å². The molecular formula is C20H21N5O. The van der Waals surface area contributed by atoms with Crippen molar-refractivity contribution in [1.29, 1.82) is 0 Å². The van der Waals surface area contributed by atoms with Crippen LogP contribution in [-0.4, -0.2) is 23.8 Å². The Balaban J connectivity index is 1.66. The van der Waals surface area contributed by atoms with E-state index in [1.165, 1.54) is 0 Å². The molecule has 6 heteroatoms. The number of fused-ring (bicyclic) bond motifs is 1. The van der Waals surface area contributed by atoms with Crippen LogP contribution in [0, 0.1) is 11.8 Å². The van der Waals surface area contributed by atoms with Crippen molar-refractivity contribution in [3.63, 3.8) is 0 Å². The third kappa shape index (κ3) is 4.16. The fourth-order valence-electron chi connectivity index (χ4n) is 2.89. The van der Waals surface area contributed by atoms with E-state index in [0.29, 0.717) is 0 Å². The highest BCUT2D eigenvalue weighted by Crippen LogP contribution is 2.25. The van der Waals surface area contributed by atoms with Gasteiger partial charge in [0.2, 0.25) is 5.91 Å². The summed E-state index contributed by atoms with van der Waals surface area (Å²) in [5.41, 5.74) is 5.62. The Hall–Kier alpha value is -3.41. The van der Waals surface area contributed by atoms with Gasteiger partial charge in [0.1, 0.15) is 0 Å². The van der Waals surface area contributed by atoms with Gasteiger partial charge < -0.3 is 10.3 Å². The van der Waals surface area contributed by atoms with E-state index < -0.39 is 0 Å². The molecular weight excluding hydrogens is 326 g/mol. The van der Waals surface area contributed by atoms with Crippen molar-refractivity contribution in [3.8, 4) is 0 Å². The van der Waals surface area contributed by atoms with Crippen LogP contribution in [0.4, 0.5) is 5.69 Å². The molecule has 0 saturated carbocycles. The predicted octanol–water partition coefficient (Wildman–Crippen LogP) is 3.60. The molecule has 1 amide bonds. The zero-order valence-electron chi connectivity index (χ0n) is 14.5. The van der Waals surface area contributed by atoms with Crippen LogP contribution >= 0.6 is 0 Å². The average Bonchev–Trinajstić information content (AvgIpc) is 3.12. The van der Waals surface area contributed by atoms with Gasteiger partial charge in [-0.05, 0) is 42.8 Å². The molecule has 0 bridgehead atoms. The Bertz CT molecular complexity index is 919. The first-order valence-corrected chi connectivity index (χ1v) is 8.31. The van der Waals surface area contributed by atoms with Gasteiger partial charge in [-0.3, -0.25) is 15.2 Å². The number of carbonyl (C=O) groups is 1. The number of nitrogens with one attached hydrogen (secondary N) is 3. The number of anilines is 1. The highest BCUT2D eigenvalue weighted by Gasteiger charge is 2.19. The first kappa shape index (κ1) is 17.4. The van der Waals surface area contributed by atoms with E-state index >= 15 is 0 Å². The minimum Gasteiger partial charge on any atom is -0.361 e. The Morgan fingerprint density at radius 2 is 2.27 bits per heavy atom. The summed E-state index contributed by atoms with van der Waals surface area (Å²) in [5.74, 6) is -0.0584. The van der Waals surface area contributed by atoms with Crippen LogP contribution in [0.3, 0.4) is 0 Å². The van der Waals surface area contributed by atoms with Crippen LogP contribution in [0.15, 0.2) is 76.8 Å². The minimum absolute atomic E-state index is 0.000712. The molecule has 2 aromatic rings. The lowest BCUT2D eigenvalue weighted by Gasteiger charge is -2.21. The van der Waals surface area contributed by atoms with Crippen LogP contribution in [0.2, 0.25) is 0 Å². The molecule has 3 N–H and O–H groups in total. The molecule has 132 valence electrons. The van der Waals surface area contributed by atoms with Crippen molar-refractivity contribution >= 4 is 35.4 Å². The van der Waals surface area contributed by atoms with Crippen LogP contribution < -0.4 is 10.7 Å². The van der Waals surface area contributed by atoms with Crippen molar-refractivity contribution in [2.24, 2.45) is 21.9 Å². The summed E-state index contributed by atoms with van der Waals surface area (Å²) in [6, 6.07) is 7.72. The van der Waals surface area contributed by atoms with E-state index in [0.717, 1.165) is 22.2 Å². The molecule has 26 heavy (non-hydrogen) atoms. The summed E-state index contributed by atoms with van der Waals surface area (Å²) in [4.78, 5) is 19.6. The molecule has 3 rings (SSSR count). The second kappa shape index (κ2) is 8.11. The molecule has 0 saturated heterocycles. The number of hydrogen-bond donors (Lipinski definition) is 3. The smallest absolute Gasteiger partial charge is 0.248 e. The molecule has 1 aliphatic heterocycles. The maximum absolute atomic E-state index is 12.3. The number of hydrazone groups is 1. The zero-order valence-corrected chi connectivity index (χ0v) is 14.5. The first-order valence-electron chi connectivity index (χ1n) is 8.31. The van der Waals surface area contributed by atoms with Crippen LogP contribution in [0.1, 0.15) is 6.92 Å². The predicted molar refractivity (Wildman–Crippen MR) is 107 cm³/mol. The number of aliphatic imine (C=N–C) groups is 1. The van der Waals surface area contributed by atoms with Gasteiger partial charge in [-0.1, -0.05) is 12.2 Å². The van der Waals surface area contributed by atoms with Crippen molar-refractivity contribution in [2.45, 2.75) is 6.92 Å². The maximum Gasteiger partial charge on any atom is 0.248 e. The van der Waals surface area contributed by atoms with E-state index in [2.05, 4.69) is 32.5 Å². The molecule has 2 atom stereocenters. The van der Waals surface area contributed by atoms with E-state index in [9.17, 15) is 4.79 Å². The summed E-state index contributed by atoms with van der Waals surface area (Å²) in [5, 5.41) is 7.56. The average molecular weight is 347 g/mol. The van der Waals surface area contributed by atoms with E-state index in [1.54, 1.807) is 18.5 Å². The first-order chi connectivity index (χ1) is 12.7. The SMILES string of the molecule is C=NN/C=C(\C)C1C=CN=CC1/C=C/C(=O)Nc1ccc2[nH]ccc2c1. The van der Waals surface area contributed by atoms with Crippen molar-refractivity contribution < 1.29 is 4.79 Å². The normalized spacial score (nSPS) is 19.8. The minimum atomic E-state index is -0.172. The number of benzene rings is 1. The van der Waals surface area contributed by atoms with E-state index in [4.69, 9.17) is 0 Å². The number of aromatic amines is 1. The standard InChI is InChI=1S/C20H21N5O/c1-14(12-24-21-2)18-8-9-22-13-16(18)3-6-20(26)25-17-4-5-19-15(11-17)7-10-23-19/h3-13,16,18,23-24H,2H2,1H3,(H,25,26)/b6-3+,14-12+. The highest BCUT2D eigenvalue weighted by molar-refractivity contribution is 6.00. The van der Waals surface area contributed by atoms with Gasteiger partial charge in [-0.15, -0.1) is 0 Å². The molecule has 0 spiro atoms. The van der Waals surface area contributed by atoms with Crippen molar-refractivity contribution in [1.82, 2.24) is 10.4 Å². The molecule has 2 heterocycles. The number of carbonyl (C=O) groups excluding carboxylic acids is 1. The number of allylic oxidation sites excluding steroid dienone is 3. The molecule has 0 fully saturated rings. The van der Waals surface area contributed by atoms with Gasteiger partial charge in [0.05, 0.1) is 0 Å². The van der Waals surface area contributed by atoms with Gasteiger partial charge in [0.15, 0.2) is 0 Å². The molecule has 1 aromatic carbocycles. The fourth-order valence-corrected chi connectivity index (χ4v) is 2.89. The Morgan fingerprint density at radius 1 is 1.38 bits per heavy atom. The Morgan fingerprint density at radius 3 is 3.12 bits per heavy atom. The van der Waals surface area contributed by atoms with Crippen LogP contribution in [0.5, 0.6) is 0 Å². The van der Waals surface area contributed by atoms with E-state index in [1.807, 2.05) is 55.8 Å². The second-order valence-electron chi connectivity index (χ2n) is 6.05. The number of rotatable bonds is 6. The van der Waals surface area contributed by atoms with Gasteiger partial charge in [0.25, 0.3) is 0 Å². The number of nitrogens with zero attached hydrogens (tertiary/aromatic N) is 2. The Labute approximate surface area is 152 Å². The zero-order chi connectivity index (χ0) is 18.4. The molecule has 6 nitrogen and oxygen atoms in total. The lowest BCUT2D eigenvalue weighted by molar-refractivity contribution is -0.111. The summed E-state index contributed by atoms with van der Waals surface area (Å²) in [6.07, 6.45) is 12.7. The summed E-state index contributed by atoms with van der Waals surface area (Å²) < 4.78 is 0. The summed E-state index contributed by atoms with van der Waals surface area (Å²) >= 11 is 0.